The Morgan fingerprint density at radius 3 is 2.50 bits per heavy atom. The summed E-state index contributed by atoms with van der Waals surface area (Å²) in [5.74, 6) is -0.246. The number of nitrogens with zero attached hydrogens (tertiary/aromatic N) is 2. The van der Waals surface area contributed by atoms with Crippen molar-refractivity contribution < 1.29 is 23.5 Å². The third-order valence-corrected chi connectivity index (χ3v) is 7.64. The van der Waals surface area contributed by atoms with Gasteiger partial charge in [-0.3, -0.25) is 9.69 Å². The molecule has 7 heteroatoms. The van der Waals surface area contributed by atoms with Gasteiger partial charge in [-0.1, -0.05) is 35.9 Å². The number of ether oxygens (including phenoxy) is 2. The van der Waals surface area contributed by atoms with Crippen LogP contribution in [0.15, 0.2) is 48.5 Å². The fraction of sp³-hybridized carbons (Fsp3) is 0.481. The molecule has 3 heterocycles. The molecule has 3 aliphatic rings. The monoisotopic (exact) mass is 466 g/mol. The highest BCUT2D eigenvalue weighted by Crippen LogP contribution is 2.40. The molecule has 180 valence electrons. The molecule has 3 fully saturated rings. The Morgan fingerprint density at radius 1 is 1.00 bits per heavy atom. The van der Waals surface area contributed by atoms with E-state index in [9.17, 15) is 14.0 Å². The fourth-order valence-corrected chi connectivity index (χ4v) is 5.62. The molecule has 1 spiro atoms. The van der Waals surface area contributed by atoms with E-state index >= 15 is 0 Å². The number of aryl methyl sites for hydroxylation is 1. The van der Waals surface area contributed by atoms with Gasteiger partial charge in [-0.05, 0) is 56.4 Å². The second kappa shape index (κ2) is 9.02. The molecule has 0 aliphatic carbocycles. The number of carbonyl (C=O) groups excluding carboxylic acids is 2. The highest BCUT2D eigenvalue weighted by Gasteiger charge is 2.49. The van der Waals surface area contributed by atoms with E-state index in [1.165, 1.54) is 22.6 Å². The summed E-state index contributed by atoms with van der Waals surface area (Å²) in [6.45, 7) is 4.71. The molecule has 3 aliphatic heterocycles. The van der Waals surface area contributed by atoms with E-state index in [1.54, 1.807) is 12.1 Å². The quantitative estimate of drug-likeness (QED) is 0.664. The number of benzene rings is 2. The molecule has 34 heavy (non-hydrogen) atoms. The van der Waals surface area contributed by atoms with E-state index in [1.807, 2.05) is 11.8 Å². The Kier molecular flexibility index (Phi) is 6.06. The first-order valence-corrected chi connectivity index (χ1v) is 12.1. The summed E-state index contributed by atoms with van der Waals surface area (Å²) in [6.07, 6.45) is 2.87. The Hall–Kier alpha value is -2.93. The van der Waals surface area contributed by atoms with Gasteiger partial charge in [0, 0.05) is 32.7 Å². The summed E-state index contributed by atoms with van der Waals surface area (Å²) in [5, 5.41) is 0. The van der Waals surface area contributed by atoms with Gasteiger partial charge >= 0.3 is 6.09 Å². The number of hydrogen-bond donors (Lipinski definition) is 0. The topological polar surface area (TPSA) is 59.1 Å². The lowest BCUT2D eigenvalue weighted by molar-refractivity contribution is -0.141. The van der Waals surface area contributed by atoms with Gasteiger partial charge in [0.15, 0.2) is 0 Å². The predicted molar refractivity (Wildman–Crippen MR) is 126 cm³/mol. The highest BCUT2D eigenvalue weighted by molar-refractivity contribution is 5.90. The van der Waals surface area contributed by atoms with E-state index in [2.05, 4.69) is 24.3 Å². The fourth-order valence-electron chi connectivity index (χ4n) is 5.62. The first-order chi connectivity index (χ1) is 16.4. The summed E-state index contributed by atoms with van der Waals surface area (Å²) >= 11 is 0. The number of anilines is 1. The molecular weight excluding hydrogens is 435 g/mol. The minimum absolute atomic E-state index is 0.142. The van der Waals surface area contributed by atoms with Gasteiger partial charge in [0.2, 0.25) is 5.91 Å². The lowest BCUT2D eigenvalue weighted by Crippen LogP contribution is -2.50. The molecule has 2 aromatic rings. The van der Waals surface area contributed by atoms with Crippen LogP contribution < -0.4 is 4.90 Å². The summed E-state index contributed by atoms with van der Waals surface area (Å²) in [5.41, 5.74) is 1.48. The second-order valence-corrected chi connectivity index (χ2v) is 9.82. The number of halogens is 1. The molecule has 0 aromatic heterocycles. The maximum atomic E-state index is 14.0. The van der Waals surface area contributed by atoms with Gasteiger partial charge in [-0.2, -0.15) is 0 Å². The van der Waals surface area contributed by atoms with Crippen LogP contribution in [0, 0.1) is 12.7 Å². The molecule has 3 saturated heterocycles. The van der Waals surface area contributed by atoms with E-state index < -0.39 is 17.1 Å². The molecule has 2 amide bonds. The van der Waals surface area contributed by atoms with Crippen molar-refractivity contribution in [2.75, 3.05) is 37.7 Å². The lowest BCUT2D eigenvalue weighted by atomic mass is 9.72. The van der Waals surface area contributed by atoms with Crippen molar-refractivity contribution in [1.29, 1.82) is 0 Å². The maximum Gasteiger partial charge on any atom is 0.415 e. The molecule has 0 radical (unpaired) electrons. The normalized spacial score (nSPS) is 24.7. The molecule has 0 unspecified atom stereocenters. The van der Waals surface area contributed by atoms with Crippen LogP contribution in [0.5, 0.6) is 0 Å². The van der Waals surface area contributed by atoms with Gasteiger partial charge in [-0.15, -0.1) is 0 Å². The molecule has 0 N–H and O–H groups in total. The van der Waals surface area contributed by atoms with Gasteiger partial charge in [0.25, 0.3) is 0 Å². The zero-order valence-electron chi connectivity index (χ0n) is 19.6. The zero-order valence-corrected chi connectivity index (χ0v) is 19.6. The van der Waals surface area contributed by atoms with Crippen molar-refractivity contribution in [1.82, 2.24) is 4.90 Å². The van der Waals surface area contributed by atoms with Crippen LogP contribution in [-0.2, 0) is 19.7 Å². The summed E-state index contributed by atoms with van der Waals surface area (Å²) < 4.78 is 25.2. The summed E-state index contributed by atoms with van der Waals surface area (Å²) in [7, 11) is 0. The van der Waals surface area contributed by atoms with E-state index in [0.29, 0.717) is 64.2 Å². The number of carbonyl (C=O) groups is 2. The van der Waals surface area contributed by atoms with Crippen LogP contribution in [0.1, 0.15) is 43.2 Å². The van der Waals surface area contributed by atoms with Crippen molar-refractivity contribution in [2.45, 2.75) is 50.0 Å². The molecule has 0 saturated carbocycles. The Labute approximate surface area is 199 Å². The lowest BCUT2D eigenvalue weighted by Gasteiger charge is -2.40. The molecular formula is C27H31FN2O4. The van der Waals surface area contributed by atoms with Crippen molar-refractivity contribution in [3.63, 3.8) is 0 Å². The molecule has 5 rings (SSSR count). The highest BCUT2D eigenvalue weighted by atomic mass is 19.1. The van der Waals surface area contributed by atoms with Crippen LogP contribution in [0.3, 0.4) is 0 Å². The van der Waals surface area contributed by atoms with Gasteiger partial charge in [0.05, 0.1) is 17.6 Å². The van der Waals surface area contributed by atoms with E-state index in [0.717, 1.165) is 12.0 Å². The minimum atomic E-state index is -0.662. The van der Waals surface area contributed by atoms with Crippen LogP contribution >= 0.6 is 0 Å². The van der Waals surface area contributed by atoms with Crippen molar-refractivity contribution in [3.8, 4) is 0 Å². The minimum Gasteiger partial charge on any atom is -0.441 e. The number of likely N-dealkylation sites (tertiary alicyclic amines) is 1. The van der Waals surface area contributed by atoms with Crippen LogP contribution in [0.25, 0.3) is 0 Å². The second-order valence-electron chi connectivity index (χ2n) is 9.82. The average molecular weight is 467 g/mol. The molecule has 1 atom stereocenters. The largest absolute Gasteiger partial charge is 0.441 e. The van der Waals surface area contributed by atoms with E-state index in [4.69, 9.17) is 9.47 Å². The average Bonchev–Trinajstić information content (AvgIpc) is 3.03. The molecule has 0 bridgehead atoms. The van der Waals surface area contributed by atoms with Gasteiger partial charge < -0.3 is 14.4 Å². The number of hydrogen-bond acceptors (Lipinski definition) is 4. The van der Waals surface area contributed by atoms with Crippen molar-refractivity contribution in [2.24, 2.45) is 0 Å². The Morgan fingerprint density at radius 2 is 1.76 bits per heavy atom. The smallest absolute Gasteiger partial charge is 0.415 e. The predicted octanol–water partition coefficient (Wildman–Crippen LogP) is 4.59. The SMILES string of the molecule is Cc1ccc(C2(C(=O)N3CCC[C@@]4(CC3)CN(c3cccc(F)c3)C(=O)O4)CCOCC2)cc1. The third-order valence-electron chi connectivity index (χ3n) is 7.64. The summed E-state index contributed by atoms with van der Waals surface area (Å²) in [4.78, 5) is 30.2. The first-order valence-electron chi connectivity index (χ1n) is 12.1. The van der Waals surface area contributed by atoms with Crippen molar-refractivity contribution in [3.05, 3.63) is 65.5 Å². The Bertz CT molecular complexity index is 1070. The van der Waals surface area contributed by atoms with E-state index in [-0.39, 0.29) is 11.7 Å². The van der Waals surface area contributed by atoms with Crippen LogP contribution in [-0.4, -0.2) is 55.3 Å². The zero-order chi connectivity index (χ0) is 23.8. The van der Waals surface area contributed by atoms with Gasteiger partial charge in [0.1, 0.15) is 11.4 Å². The van der Waals surface area contributed by atoms with Crippen LogP contribution in [0.4, 0.5) is 14.9 Å². The number of amides is 2. The van der Waals surface area contributed by atoms with Crippen LogP contribution in [0.2, 0.25) is 0 Å². The standard InChI is InChI=1S/C27H31FN2O4/c1-20-6-8-21(9-7-20)27(12-16-33-17-13-27)24(31)29-14-3-10-26(11-15-29)19-30(25(32)34-26)23-5-2-4-22(28)18-23/h2,4-9,18H,3,10-17,19H2,1H3/t26-/m1/s1. The Balaban J connectivity index is 1.34. The van der Waals surface area contributed by atoms with Crippen molar-refractivity contribution >= 4 is 17.7 Å². The van der Waals surface area contributed by atoms with Gasteiger partial charge in [-0.25, -0.2) is 9.18 Å². The number of rotatable bonds is 3. The molecule has 2 aromatic carbocycles. The molecule has 6 nitrogen and oxygen atoms in total. The summed E-state index contributed by atoms with van der Waals surface area (Å²) in [6, 6.07) is 14.3. The third kappa shape index (κ3) is 4.17. The first kappa shape index (κ1) is 22.8. The maximum absolute atomic E-state index is 14.0.